The second-order valence-corrected chi connectivity index (χ2v) is 5.76. The number of nitrogens with one attached hydrogen (secondary N) is 1. The summed E-state index contributed by atoms with van der Waals surface area (Å²) in [5.74, 6) is 1.42. The molecular weight excluding hydrogens is 302 g/mol. The molecule has 0 aliphatic carbocycles. The number of carbonyl (C=O) groups excluding carboxylic acids is 1. The van der Waals surface area contributed by atoms with Crippen LogP contribution in [-0.2, 0) is 4.79 Å². The van der Waals surface area contributed by atoms with Crippen molar-refractivity contribution < 1.29 is 14.3 Å². The molecule has 4 heteroatoms. The lowest BCUT2D eigenvalue weighted by Crippen LogP contribution is -2.37. The van der Waals surface area contributed by atoms with Crippen LogP contribution in [0, 0.1) is 6.92 Å². The van der Waals surface area contributed by atoms with E-state index in [0.29, 0.717) is 6.61 Å². The quantitative estimate of drug-likeness (QED) is 0.835. The Labute approximate surface area is 143 Å². The Bertz CT molecular complexity index is 667. The second kappa shape index (κ2) is 8.39. The summed E-state index contributed by atoms with van der Waals surface area (Å²) in [7, 11) is 0. The number of hydrogen-bond donors (Lipinski definition) is 1. The van der Waals surface area contributed by atoms with E-state index < -0.39 is 6.10 Å². The van der Waals surface area contributed by atoms with Crippen LogP contribution in [0.15, 0.2) is 48.5 Å². The van der Waals surface area contributed by atoms with E-state index in [1.54, 1.807) is 6.92 Å². The highest BCUT2D eigenvalue weighted by atomic mass is 16.5. The van der Waals surface area contributed by atoms with Gasteiger partial charge in [-0.15, -0.1) is 0 Å². The van der Waals surface area contributed by atoms with Crippen molar-refractivity contribution in [3.63, 3.8) is 0 Å². The van der Waals surface area contributed by atoms with Gasteiger partial charge in [-0.2, -0.15) is 0 Å². The van der Waals surface area contributed by atoms with Crippen molar-refractivity contribution in [2.45, 2.75) is 39.8 Å². The first-order chi connectivity index (χ1) is 11.5. The van der Waals surface area contributed by atoms with Crippen molar-refractivity contribution in [2.24, 2.45) is 0 Å². The molecule has 2 aromatic carbocycles. The highest BCUT2D eigenvalue weighted by Gasteiger charge is 2.18. The average Bonchev–Trinajstić information content (AvgIpc) is 2.57. The molecule has 0 spiro atoms. The normalized spacial score (nSPS) is 13.0. The van der Waals surface area contributed by atoms with Gasteiger partial charge in [0.2, 0.25) is 0 Å². The number of para-hydroxylation sites is 1. The monoisotopic (exact) mass is 327 g/mol. The highest BCUT2D eigenvalue weighted by molar-refractivity contribution is 5.81. The summed E-state index contributed by atoms with van der Waals surface area (Å²) in [5, 5.41) is 2.98. The molecule has 1 N–H and O–H groups in total. The average molecular weight is 327 g/mol. The van der Waals surface area contributed by atoms with Crippen molar-refractivity contribution >= 4 is 5.91 Å². The zero-order chi connectivity index (χ0) is 17.5. The summed E-state index contributed by atoms with van der Waals surface area (Å²) in [6, 6.07) is 15.3. The van der Waals surface area contributed by atoms with Gasteiger partial charge in [0.15, 0.2) is 6.10 Å². The predicted molar refractivity (Wildman–Crippen MR) is 95.4 cm³/mol. The number of ether oxygens (including phenoxy) is 2. The van der Waals surface area contributed by atoms with Gasteiger partial charge in [-0.25, -0.2) is 0 Å². The van der Waals surface area contributed by atoms with Crippen molar-refractivity contribution in [3.05, 3.63) is 59.7 Å². The zero-order valence-electron chi connectivity index (χ0n) is 14.7. The van der Waals surface area contributed by atoms with E-state index in [-0.39, 0.29) is 11.9 Å². The molecule has 0 radical (unpaired) electrons. The second-order valence-electron chi connectivity index (χ2n) is 5.76. The van der Waals surface area contributed by atoms with Crippen LogP contribution >= 0.6 is 0 Å². The number of aryl methyl sites for hydroxylation is 1. The minimum absolute atomic E-state index is 0.101. The molecule has 0 saturated heterocycles. The van der Waals surface area contributed by atoms with Gasteiger partial charge < -0.3 is 14.8 Å². The lowest BCUT2D eigenvalue weighted by Gasteiger charge is -2.20. The molecule has 0 unspecified atom stereocenters. The van der Waals surface area contributed by atoms with E-state index in [1.807, 2.05) is 69.3 Å². The Hall–Kier alpha value is -2.49. The third-order valence-corrected chi connectivity index (χ3v) is 3.82. The maximum absolute atomic E-state index is 12.4. The summed E-state index contributed by atoms with van der Waals surface area (Å²) < 4.78 is 11.2. The molecule has 128 valence electrons. The van der Waals surface area contributed by atoms with Crippen LogP contribution in [0.1, 0.15) is 37.9 Å². The Morgan fingerprint density at radius 3 is 2.38 bits per heavy atom. The van der Waals surface area contributed by atoms with Crippen LogP contribution in [0.2, 0.25) is 0 Å². The van der Waals surface area contributed by atoms with Crippen molar-refractivity contribution in [1.82, 2.24) is 5.32 Å². The minimum Gasteiger partial charge on any atom is -0.494 e. The van der Waals surface area contributed by atoms with E-state index >= 15 is 0 Å². The first kappa shape index (κ1) is 17.9. The van der Waals surface area contributed by atoms with Crippen molar-refractivity contribution in [3.8, 4) is 11.5 Å². The van der Waals surface area contributed by atoms with Crippen molar-refractivity contribution in [1.29, 1.82) is 0 Å². The summed E-state index contributed by atoms with van der Waals surface area (Å²) in [5.41, 5.74) is 2.03. The minimum atomic E-state index is -0.559. The smallest absolute Gasteiger partial charge is 0.261 e. The molecule has 24 heavy (non-hydrogen) atoms. The number of rotatable bonds is 7. The van der Waals surface area contributed by atoms with Crippen LogP contribution < -0.4 is 14.8 Å². The van der Waals surface area contributed by atoms with Gasteiger partial charge in [0.25, 0.3) is 5.91 Å². The number of carbonyl (C=O) groups is 1. The number of hydrogen-bond acceptors (Lipinski definition) is 3. The van der Waals surface area contributed by atoms with Gasteiger partial charge in [-0.3, -0.25) is 4.79 Å². The third kappa shape index (κ3) is 4.75. The number of amides is 1. The largest absolute Gasteiger partial charge is 0.494 e. The van der Waals surface area contributed by atoms with Gasteiger partial charge in [0.05, 0.1) is 12.6 Å². The Balaban J connectivity index is 1.94. The summed E-state index contributed by atoms with van der Waals surface area (Å²) in [6.07, 6.45) is -0.559. The maximum Gasteiger partial charge on any atom is 0.261 e. The van der Waals surface area contributed by atoms with Crippen LogP contribution in [-0.4, -0.2) is 18.6 Å². The zero-order valence-corrected chi connectivity index (χ0v) is 14.7. The van der Waals surface area contributed by atoms with Gasteiger partial charge in [0, 0.05) is 0 Å². The van der Waals surface area contributed by atoms with Gasteiger partial charge in [-0.1, -0.05) is 30.3 Å². The fraction of sp³-hybridized carbons (Fsp3) is 0.350. The lowest BCUT2D eigenvalue weighted by molar-refractivity contribution is -0.127. The Kier molecular flexibility index (Phi) is 6.24. The third-order valence-electron chi connectivity index (χ3n) is 3.82. The Morgan fingerprint density at radius 2 is 1.75 bits per heavy atom. The summed E-state index contributed by atoms with van der Waals surface area (Å²) in [4.78, 5) is 12.4. The molecule has 0 bridgehead atoms. The molecule has 2 atom stereocenters. The molecule has 0 heterocycles. The molecule has 2 rings (SSSR count). The van der Waals surface area contributed by atoms with Gasteiger partial charge in [0.1, 0.15) is 11.5 Å². The molecule has 0 aromatic heterocycles. The fourth-order valence-electron chi connectivity index (χ4n) is 2.37. The standard InChI is InChI=1S/C20H25NO3/c1-5-23-18-12-10-17(11-13-18)15(3)21-20(22)16(4)24-19-9-7-6-8-14(19)2/h6-13,15-16H,5H2,1-4H3,(H,21,22)/t15-,16+/m0/s1. The highest BCUT2D eigenvalue weighted by Crippen LogP contribution is 2.20. The SMILES string of the molecule is CCOc1ccc([C@H](C)NC(=O)[C@@H](C)Oc2ccccc2C)cc1. The van der Waals surface area contributed by atoms with Gasteiger partial charge >= 0.3 is 0 Å². The number of benzene rings is 2. The van der Waals surface area contributed by atoms with Crippen LogP contribution in [0.3, 0.4) is 0 Å². The van der Waals surface area contributed by atoms with E-state index in [2.05, 4.69) is 5.32 Å². The first-order valence-electron chi connectivity index (χ1n) is 8.26. The van der Waals surface area contributed by atoms with E-state index in [0.717, 1.165) is 22.6 Å². The molecule has 4 nitrogen and oxygen atoms in total. The molecule has 0 saturated carbocycles. The fourth-order valence-corrected chi connectivity index (χ4v) is 2.37. The van der Waals surface area contributed by atoms with Crippen LogP contribution in [0.25, 0.3) is 0 Å². The lowest BCUT2D eigenvalue weighted by atomic mass is 10.1. The summed E-state index contributed by atoms with van der Waals surface area (Å²) in [6.45, 7) is 8.26. The molecule has 0 aliphatic rings. The maximum atomic E-state index is 12.4. The van der Waals surface area contributed by atoms with E-state index in [4.69, 9.17) is 9.47 Å². The van der Waals surface area contributed by atoms with Crippen molar-refractivity contribution in [2.75, 3.05) is 6.61 Å². The first-order valence-corrected chi connectivity index (χ1v) is 8.26. The molecule has 0 aliphatic heterocycles. The van der Waals surface area contributed by atoms with E-state index in [1.165, 1.54) is 0 Å². The predicted octanol–water partition coefficient (Wildman–Crippen LogP) is 4.04. The molecule has 0 fully saturated rings. The van der Waals surface area contributed by atoms with Gasteiger partial charge in [-0.05, 0) is 57.0 Å². The van der Waals surface area contributed by atoms with Crippen LogP contribution in [0.5, 0.6) is 11.5 Å². The molecule has 1 amide bonds. The van der Waals surface area contributed by atoms with Crippen LogP contribution in [0.4, 0.5) is 0 Å². The Morgan fingerprint density at radius 1 is 1.08 bits per heavy atom. The topological polar surface area (TPSA) is 47.6 Å². The summed E-state index contributed by atoms with van der Waals surface area (Å²) >= 11 is 0. The molecule has 2 aromatic rings. The van der Waals surface area contributed by atoms with E-state index in [9.17, 15) is 4.79 Å². The molecular formula is C20H25NO3.